The Hall–Kier alpha value is -2.86. The van der Waals surface area contributed by atoms with E-state index in [2.05, 4.69) is 10.2 Å². The molecule has 1 unspecified atom stereocenters. The van der Waals surface area contributed by atoms with Gasteiger partial charge in [0, 0.05) is 31.8 Å². The van der Waals surface area contributed by atoms with E-state index in [1.165, 1.54) is 12.1 Å². The molecule has 28 heavy (non-hydrogen) atoms. The van der Waals surface area contributed by atoms with Crippen molar-refractivity contribution in [2.75, 3.05) is 35.9 Å². The number of aromatic hydroxyl groups is 1. The first-order valence-corrected chi connectivity index (χ1v) is 9.92. The molecule has 0 saturated carbocycles. The van der Waals surface area contributed by atoms with E-state index >= 15 is 4.39 Å². The van der Waals surface area contributed by atoms with Crippen LogP contribution in [0.2, 0.25) is 0 Å². The molecule has 150 valence electrons. The Bertz CT molecular complexity index is 1040. The molecule has 2 aromatic rings. The van der Waals surface area contributed by atoms with E-state index in [4.69, 9.17) is 4.74 Å². The van der Waals surface area contributed by atoms with Gasteiger partial charge in [-0.3, -0.25) is 9.89 Å². The third-order valence-corrected chi connectivity index (χ3v) is 6.20. The lowest BCUT2D eigenvalue weighted by Gasteiger charge is -2.18. The molecule has 10 nitrogen and oxygen atoms in total. The lowest BCUT2D eigenvalue weighted by atomic mass is 10.1. The molecule has 1 aromatic heterocycles. The Morgan fingerprint density at radius 2 is 2.18 bits per heavy atom. The van der Waals surface area contributed by atoms with Gasteiger partial charge < -0.3 is 14.7 Å². The van der Waals surface area contributed by atoms with E-state index in [-0.39, 0.29) is 11.7 Å². The molecule has 2 aliphatic heterocycles. The highest BCUT2D eigenvalue weighted by molar-refractivity contribution is 7.92. The number of aromatic amines is 1. The van der Waals surface area contributed by atoms with Gasteiger partial charge in [-0.2, -0.15) is 13.5 Å². The average Bonchev–Trinajstić information content (AvgIpc) is 3.34. The highest BCUT2D eigenvalue weighted by atomic mass is 32.2. The first-order valence-electron chi connectivity index (χ1n) is 8.48. The number of rotatable bonds is 4. The highest BCUT2D eigenvalue weighted by Crippen LogP contribution is 2.38. The zero-order valence-electron chi connectivity index (χ0n) is 14.8. The number of phenolic OH excluding ortho intramolecular Hbond substituents is 1. The predicted molar refractivity (Wildman–Crippen MR) is 97.7 cm³/mol. The summed E-state index contributed by atoms with van der Waals surface area (Å²) in [5.41, 5.74) is -0.262. The number of nitrogens with one attached hydrogen (secondary N) is 2. The Balaban J connectivity index is 1.70. The summed E-state index contributed by atoms with van der Waals surface area (Å²) >= 11 is 0. The summed E-state index contributed by atoms with van der Waals surface area (Å²) in [6.45, 7) is 0.784. The van der Waals surface area contributed by atoms with Crippen molar-refractivity contribution in [1.29, 1.82) is 0 Å². The number of hydrogen-bond acceptors (Lipinski definition) is 7. The summed E-state index contributed by atoms with van der Waals surface area (Å²) in [7, 11) is -2.62. The molecule has 3 N–H and O–H groups in total. The molecule has 1 amide bonds. The summed E-state index contributed by atoms with van der Waals surface area (Å²) in [5.74, 6) is -1.78. The van der Waals surface area contributed by atoms with E-state index in [0.717, 1.165) is 13.0 Å². The molecule has 4 rings (SSSR count). The number of anilines is 2. The SMILES string of the molecule is COC1CCN(c2cc(-c3ccc(O)c(N4CC(=O)NS4(=O)=O)c3F)[nH]n2)C1. The van der Waals surface area contributed by atoms with Crippen molar-refractivity contribution in [1.82, 2.24) is 14.9 Å². The normalized spacial score (nSPS) is 21.4. The highest BCUT2D eigenvalue weighted by Gasteiger charge is 2.38. The number of H-pyrrole nitrogens is 1. The number of carbonyl (C=O) groups is 1. The molecule has 2 aliphatic rings. The second-order valence-electron chi connectivity index (χ2n) is 6.56. The molecule has 2 saturated heterocycles. The fourth-order valence-corrected chi connectivity index (χ4v) is 4.55. The van der Waals surface area contributed by atoms with E-state index in [9.17, 15) is 18.3 Å². The van der Waals surface area contributed by atoms with Crippen LogP contribution >= 0.6 is 0 Å². The van der Waals surface area contributed by atoms with Crippen molar-refractivity contribution in [3.8, 4) is 17.0 Å². The van der Waals surface area contributed by atoms with Gasteiger partial charge in [0.2, 0.25) is 0 Å². The van der Waals surface area contributed by atoms with Crippen LogP contribution in [0.4, 0.5) is 15.9 Å². The summed E-state index contributed by atoms with van der Waals surface area (Å²) in [6.07, 6.45) is 0.951. The second kappa shape index (κ2) is 6.63. The van der Waals surface area contributed by atoms with Crippen LogP contribution in [0.3, 0.4) is 0 Å². The zero-order chi connectivity index (χ0) is 20.1. The Labute approximate surface area is 160 Å². The predicted octanol–water partition coefficient (Wildman–Crippen LogP) is 0.327. The number of carbonyl (C=O) groups excluding carboxylic acids is 1. The number of ether oxygens (including phenoxy) is 1. The summed E-state index contributed by atoms with van der Waals surface area (Å²) in [4.78, 5) is 13.4. The van der Waals surface area contributed by atoms with Gasteiger partial charge in [0.1, 0.15) is 18.0 Å². The molecule has 0 bridgehead atoms. The molecule has 3 heterocycles. The monoisotopic (exact) mass is 411 g/mol. The molecule has 2 fully saturated rings. The van der Waals surface area contributed by atoms with Gasteiger partial charge in [-0.15, -0.1) is 0 Å². The fraction of sp³-hybridized carbons (Fsp3) is 0.375. The van der Waals surface area contributed by atoms with Crippen molar-refractivity contribution in [3.05, 3.63) is 24.0 Å². The number of methoxy groups -OCH3 is 1. The first-order chi connectivity index (χ1) is 13.3. The lowest BCUT2D eigenvalue weighted by molar-refractivity contribution is -0.117. The standard InChI is InChI=1S/C16H18FN5O5S/c1-27-9-4-5-21(7-9)13-6-11(18-19-13)10-2-3-12(23)16(15(10)17)22-8-14(24)20-28(22,25)26/h2-3,6,9,23H,4-5,7-8H2,1H3,(H,18,19)(H,20,24). The number of aromatic nitrogens is 2. The Kier molecular flexibility index (Phi) is 4.38. The molecule has 0 spiro atoms. The number of hydrogen-bond donors (Lipinski definition) is 3. The van der Waals surface area contributed by atoms with E-state index in [1.54, 1.807) is 17.9 Å². The maximum absolute atomic E-state index is 15.2. The van der Waals surface area contributed by atoms with Crippen LogP contribution in [-0.4, -0.2) is 62.5 Å². The summed E-state index contributed by atoms with van der Waals surface area (Å²) < 4.78 is 46.8. The minimum atomic E-state index is -4.26. The molecular weight excluding hydrogens is 393 g/mol. The lowest BCUT2D eigenvalue weighted by Crippen LogP contribution is -2.30. The third-order valence-electron chi connectivity index (χ3n) is 4.82. The molecule has 12 heteroatoms. The van der Waals surface area contributed by atoms with Gasteiger partial charge in [0.25, 0.3) is 5.91 Å². The largest absolute Gasteiger partial charge is 0.506 e. The van der Waals surface area contributed by atoms with Gasteiger partial charge in [-0.25, -0.2) is 13.4 Å². The number of halogens is 1. The molecule has 0 aliphatic carbocycles. The number of amides is 1. The summed E-state index contributed by atoms with van der Waals surface area (Å²) in [6, 6.07) is 4.12. The van der Waals surface area contributed by atoms with Crippen LogP contribution in [0.5, 0.6) is 5.75 Å². The van der Waals surface area contributed by atoms with E-state index in [1.807, 2.05) is 4.90 Å². The second-order valence-corrected chi connectivity index (χ2v) is 8.16. The van der Waals surface area contributed by atoms with Gasteiger partial charge >= 0.3 is 10.2 Å². The fourth-order valence-electron chi connectivity index (χ4n) is 3.39. The Morgan fingerprint density at radius 1 is 1.39 bits per heavy atom. The summed E-state index contributed by atoms with van der Waals surface area (Å²) in [5, 5.41) is 17.0. The van der Waals surface area contributed by atoms with Gasteiger partial charge in [-0.1, -0.05) is 0 Å². The quantitative estimate of drug-likeness (QED) is 0.661. The van der Waals surface area contributed by atoms with Gasteiger partial charge in [0.05, 0.1) is 11.8 Å². The van der Waals surface area contributed by atoms with Gasteiger partial charge in [-0.05, 0) is 18.6 Å². The van der Waals surface area contributed by atoms with Crippen molar-refractivity contribution in [3.63, 3.8) is 0 Å². The van der Waals surface area contributed by atoms with Gasteiger partial charge in [0.15, 0.2) is 11.6 Å². The third kappa shape index (κ3) is 3.03. The molecule has 1 atom stereocenters. The van der Waals surface area contributed by atoms with Crippen molar-refractivity contribution in [2.24, 2.45) is 0 Å². The zero-order valence-corrected chi connectivity index (χ0v) is 15.7. The van der Waals surface area contributed by atoms with Crippen LogP contribution in [-0.2, 0) is 19.7 Å². The number of benzene rings is 1. The van der Waals surface area contributed by atoms with Crippen LogP contribution in [0, 0.1) is 5.82 Å². The number of phenols is 1. The smallest absolute Gasteiger partial charge is 0.326 e. The Morgan fingerprint density at radius 3 is 2.82 bits per heavy atom. The molecule has 0 radical (unpaired) electrons. The van der Waals surface area contributed by atoms with E-state index < -0.39 is 39.9 Å². The number of nitrogens with zero attached hydrogens (tertiary/aromatic N) is 3. The maximum atomic E-state index is 15.2. The first kappa shape index (κ1) is 18.5. The minimum absolute atomic E-state index is 0.0172. The molecule has 1 aromatic carbocycles. The molecular formula is C16H18FN5O5S. The topological polar surface area (TPSA) is 128 Å². The minimum Gasteiger partial charge on any atom is -0.506 e. The van der Waals surface area contributed by atoms with Crippen molar-refractivity contribution in [2.45, 2.75) is 12.5 Å². The van der Waals surface area contributed by atoms with Crippen LogP contribution in [0.15, 0.2) is 18.2 Å². The van der Waals surface area contributed by atoms with Crippen molar-refractivity contribution >= 4 is 27.6 Å². The van der Waals surface area contributed by atoms with Crippen LogP contribution in [0.25, 0.3) is 11.3 Å². The van der Waals surface area contributed by atoms with Crippen LogP contribution in [0.1, 0.15) is 6.42 Å². The maximum Gasteiger partial charge on any atom is 0.326 e. The van der Waals surface area contributed by atoms with E-state index in [0.29, 0.717) is 22.4 Å². The van der Waals surface area contributed by atoms with Crippen LogP contribution < -0.4 is 13.9 Å². The average molecular weight is 411 g/mol. The van der Waals surface area contributed by atoms with Crippen molar-refractivity contribution < 1.29 is 27.4 Å².